The van der Waals surface area contributed by atoms with E-state index in [-0.39, 0.29) is 12.0 Å². The number of aliphatic hydroxyl groups is 1. The van der Waals surface area contributed by atoms with Crippen molar-refractivity contribution < 1.29 is 18.7 Å². The van der Waals surface area contributed by atoms with Gasteiger partial charge in [-0.05, 0) is 23.9 Å². The lowest BCUT2D eigenvalue weighted by molar-refractivity contribution is -0.136. The number of carbonyl (C=O) groups excluding carboxylic acids is 1. The number of hydrogen-bond donors (Lipinski definition) is 5. The fraction of sp³-hybridized carbons (Fsp3) is 0.286. The molecule has 2 rings (SSSR count). The molecule has 1 amide bonds. The van der Waals surface area contributed by atoms with Crippen molar-refractivity contribution in [3.05, 3.63) is 35.4 Å². The molecule has 0 saturated carbocycles. The third-order valence-corrected chi connectivity index (χ3v) is 3.64. The minimum atomic E-state index is -1.94. The van der Waals surface area contributed by atoms with E-state index < -0.39 is 35.5 Å². The number of nitrogens with one attached hydrogen (secondary N) is 4. The fourth-order valence-electron chi connectivity index (χ4n) is 2.54. The highest BCUT2D eigenvalue weighted by Crippen LogP contribution is 2.31. The van der Waals surface area contributed by atoms with Crippen molar-refractivity contribution in [3.63, 3.8) is 0 Å². The normalized spacial score (nSPS) is 25.3. The van der Waals surface area contributed by atoms with Crippen LogP contribution in [0.2, 0.25) is 0 Å². The molecule has 0 aromatic heterocycles. The molecule has 1 aromatic carbocycles. The summed E-state index contributed by atoms with van der Waals surface area (Å²) in [5.74, 6) is -2.68. The zero-order chi connectivity index (χ0) is 17.2. The van der Waals surface area contributed by atoms with Crippen LogP contribution >= 0.6 is 0 Å². The van der Waals surface area contributed by atoms with Gasteiger partial charge in [0.25, 0.3) is 5.91 Å². The Balaban J connectivity index is 2.51. The van der Waals surface area contributed by atoms with Gasteiger partial charge >= 0.3 is 0 Å². The fourth-order valence-corrected chi connectivity index (χ4v) is 2.54. The molecule has 23 heavy (non-hydrogen) atoms. The van der Waals surface area contributed by atoms with Gasteiger partial charge in [-0.25, -0.2) is 8.78 Å². The average Bonchev–Trinajstić information content (AvgIpc) is 2.76. The van der Waals surface area contributed by atoms with Gasteiger partial charge in [0.05, 0.1) is 6.04 Å². The molecule has 1 aromatic rings. The van der Waals surface area contributed by atoms with E-state index in [0.717, 1.165) is 29.5 Å². The summed E-state index contributed by atoms with van der Waals surface area (Å²) in [6.07, 6.45) is 0.918. The standard InChI is InChI=1S/C14H15F2N5O2/c15-9-3-8(4-10(16)5-9)14(7-19)12(22)21(13(23)20-14)11(6-18)1-2-17/h2-7,11,13,17-20,23H,1H2/t11-,13?,14?/m1/s1. The predicted molar refractivity (Wildman–Crippen MR) is 78.8 cm³/mol. The number of halogens is 2. The van der Waals surface area contributed by atoms with E-state index in [1.807, 2.05) is 0 Å². The van der Waals surface area contributed by atoms with E-state index in [1.165, 1.54) is 0 Å². The van der Waals surface area contributed by atoms with Gasteiger partial charge in [-0.2, -0.15) is 0 Å². The third kappa shape index (κ3) is 2.76. The number of carbonyl (C=O) groups is 1. The predicted octanol–water partition coefficient (Wildman–Crippen LogP) is 0.575. The summed E-state index contributed by atoms with van der Waals surface area (Å²) < 4.78 is 26.9. The smallest absolute Gasteiger partial charge is 0.256 e. The Morgan fingerprint density at radius 2 is 1.91 bits per heavy atom. The molecular weight excluding hydrogens is 308 g/mol. The van der Waals surface area contributed by atoms with Crippen LogP contribution in [0.5, 0.6) is 0 Å². The van der Waals surface area contributed by atoms with Crippen LogP contribution in [0.15, 0.2) is 18.2 Å². The van der Waals surface area contributed by atoms with Crippen molar-refractivity contribution in [2.45, 2.75) is 24.4 Å². The number of rotatable bonds is 6. The molecule has 9 heteroatoms. The summed E-state index contributed by atoms with van der Waals surface area (Å²) in [5, 5.41) is 34.5. The van der Waals surface area contributed by atoms with Gasteiger partial charge in [0, 0.05) is 24.9 Å². The third-order valence-electron chi connectivity index (χ3n) is 3.64. The molecule has 7 nitrogen and oxygen atoms in total. The highest BCUT2D eigenvalue weighted by atomic mass is 19.1. The van der Waals surface area contributed by atoms with Gasteiger partial charge < -0.3 is 21.3 Å². The van der Waals surface area contributed by atoms with Crippen molar-refractivity contribution in [3.8, 4) is 0 Å². The van der Waals surface area contributed by atoms with Crippen LogP contribution in [0.3, 0.4) is 0 Å². The van der Waals surface area contributed by atoms with Crippen molar-refractivity contribution in [1.82, 2.24) is 10.2 Å². The molecule has 0 radical (unpaired) electrons. The molecule has 1 aliphatic heterocycles. The maximum absolute atomic E-state index is 13.5. The molecule has 3 atom stereocenters. The Morgan fingerprint density at radius 3 is 2.39 bits per heavy atom. The van der Waals surface area contributed by atoms with E-state index in [9.17, 15) is 18.7 Å². The summed E-state index contributed by atoms with van der Waals surface area (Å²) in [5.41, 5.74) is -2.11. The monoisotopic (exact) mass is 323 g/mol. The lowest BCUT2D eigenvalue weighted by Crippen LogP contribution is -2.47. The molecule has 1 saturated heterocycles. The van der Waals surface area contributed by atoms with Crippen molar-refractivity contribution >= 4 is 24.6 Å². The Bertz CT molecular complexity index is 648. The Hall–Kier alpha value is -2.52. The summed E-state index contributed by atoms with van der Waals surface area (Å²) in [6, 6.07) is 1.50. The molecule has 0 bridgehead atoms. The maximum Gasteiger partial charge on any atom is 0.256 e. The molecule has 0 aliphatic carbocycles. The first-order valence-electron chi connectivity index (χ1n) is 6.66. The largest absolute Gasteiger partial charge is 0.361 e. The van der Waals surface area contributed by atoms with Crippen molar-refractivity contribution in [1.29, 1.82) is 16.2 Å². The van der Waals surface area contributed by atoms with Gasteiger partial charge in [-0.15, -0.1) is 0 Å². The zero-order valence-electron chi connectivity index (χ0n) is 11.9. The zero-order valence-corrected chi connectivity index (χ0v) is 11.9. The van der Waals surface area contributed by atoms with E-state index >= 15 is 0 Å². The summed E-state index contributed by atoms with van der Waals surface area (Å²) in [4.78, 5) is 13.6. The first-order valence-corrected chi connectivity index (χ1v) is 6.66. The second-order valence-corrected chi connectivity index (χ2v) is 5.01. The molecule has 122 valence electrons. The molecule has 1 heterocycles. The van der Waals surface area contributed by atoms with Crippen LogP contribution in [0.1, 0.15) is 12.0 Å². The van der Waals surface area contributed by atoms with Crippen molar-refractivity contribution in [2.75, 3.05) is 0 Å². The van der Waals surface area contributed by atoms with Crippen molar-refractivity contribution in [2.24, 2.45) is 0 Å². The molecule has 2 unspecified atom stereocenters. The van der Waals surface area contributed by atoms with Crippen LogP contribution in [0, 0.1) is 27.9 Å². The topological polar surface area (TPSA) is 124 Å². The number of nitrogens with zero attached hydrogens (tertiary/aromatic N) is 1. The number of amides is 1. The quantitative estimate of drug-likeness (QED) is 0.492. The second kappa shape index (κ2) is 6.31. The lowest BCUT2D eigenvalue weighted by Gasteiger charge is -2.26. The average molecular weight is 323 g/mol. The SMILES string of the molecule is N=CC[C@H](C=N)N1C(=O)C(C=N)(c2cc(F)cc(F)c2)NC1O. The van der Waals surface area contributed by atoms with Crippen LogP contribution in [0.25, 0.3) is 0 Å². The van der Waals surface area contributed by atoms with Gasteiger partial charge in [-0.1, -0.05) is 0 Å². The molecule has 0 spiro atoms. The first kappa shape index (κ1) is 16.8. The summed E-state index contributed by atoms with van der Waals surface area (Å²) in [7, 11) is 0. The molecule has 5 N–H and O–H groups in total. The molecule has 1 aliphatic rings. The van der Waals surface area contributed by atoms with Crippen LogP contribution in [-0.4, -0.2) is 47.0 Å². The highest BCUT2D eigenvalue weighted by molar-refractivity contribution is 6.06. The van der Waals surface area contributed by atoms with Crippen LogP contribution in [-0.2, 0) is 10.3 Å². The number of benzene rings is 1. The molecule has 1 fully saturated rings. The van der Waals surface area contributed by atoms with Gasteiger partial charge in [0.1, 0.15) is 11.6 Å². The maximum atomic E-state index is 13.5. The van der Waals surface area contributed by atoms with Gasteiger partial charge in [0.2, 0.25) is 0 Å². The lowest BCUT2D eigenvalue weighted by atomic mass is 9.90. The first-order chi connectivity index (χ1) is 10.9. The summed E-state index contributed by atoms with van der Waals surface area (Å²) in [6.45, 7) is 0. The van der Waals surface area contributed by atoms with Crippen LogP contribution in [0.4, 0.5) is 8.78 Å². The van der Waals surface area contributed by atoms with Gasteiger partial charge in [0.15, 0.2) is 11.9 Å². The van der Waals surface area contributed by atoms with E-state index in [1.54, 1.807) is 0 Å². The van der Waals surface area contributed by atoms with E-state index in [2.05, 4.69) is 5.32 Å². The Labute approximate surface area is 130 Å². The minimum absolute atomic E-state index is 0.0143. The Kier molecular flexibility index (Phi) is 4.62. The number of hydrogen-bond acceptors (Lipinski definition) is 6. The van der Waals surface area contributed by atoms with E-state index in [4.69, 9.17) is 16.2 Å². The highest BCUT2D eigenvalue weighted by Gasteiger charge is 2.53. The number of aliphatic hydroxyl groups excluding tert-OH is 1. The minimum Gasteiger partial charge on any atom is -0.361 e. The molecular formula is C14H15F2N5O2. The van der Waals surface area contributed by atoms with Crippen LogP contribution < -0.4 is 5.32 Å². The van der Waals surface area contributed by atoms with E-state index in [0.29, 0.717) is 12.3 Å². The second-order valence-electron chi connectivity index (χ2n) is 5.01. The Morgan fingerprint density at radius 1 is 1.30 bits per heavy atom. The summed E-state index contributed by atoms with van der Waals surface area (Å²) >= 11 is 0. The van der Waals surface area contributed by atoms with Gasteiger partial charge in [-0.3, -0.25) is 15.0 Å².